The lowest BCUT2D eigenvalue weighted by Gasteiger charge is -2.22. The van der Waals surface area contributed by atoms with Gasteiger partial charge in [-0.25, -0.2) is 0 Å². The van der Waals surface area contributed by atoms with Gasteiger partial charge in [0.2, 0.25) is 0 Å². The summed E-state index contributed by atoms with van der Waals surface area (Å²) < 4.78 is 0. The van der Waals surface area contributed by atoms with Crippen LogP contribution in [-0.2, 0) is 0 Å². The molecule has 0 spiro atoms. The molecule has 7 heteroatoms. The fourth-order valence-electron chi connectivity index (χ4n) is 2.89. The van der Waals surface area contributed by atoms with Gasteiger partial charge in [0, 0.05) is 19.7 Å². The largest absolute Gasteiger partial charge is 0.341 e. The van der Waals surface area contributed by atoms with E-state index >= 15 is 0 Å². The fourth-order valence-corrected chi connectivity index (χ4v) is 2.89. The van der Waals surface area contributed by atoms with Crippen molar-refractivity contribution in [2.24, 2.45) is 11.8 Å². The summed E-state index contributed by atoms with van der Waals surface area (Å²) in [7, 11) is 1.72. The maximum absolute atomic E-state index is 12.5. The molecule has 7 nitrogen and oxygen atoms in total. The number of para-hydroxylation sites is 1. The van der Waals surface area contributed by atoms with Crippen LogP contribution in [0.3, 0.4) is 0 Å². The van der Waals surface area contributed by atoms with Crippen LogP contribution in [0.15, 0.2) is 18.2 Å². The van der Waals surface area contributed by atoms with Gasteiger partial charge in [0.15, 0.2) is 0 Å². The molecule has 1 aliphatic carbocycles. The lowest BCUT2D eigenvalue weighted by atomic mass is 10.1. The SMILES string of the molecule is CN(CC1CCCC1)C(=O)c1cccc([N+](=O)[O-])c1NN. The number of anilines is 1. The van der Waals surface area contributed by atoms with E-state index in [0.29, 0.717) is 12.5 Å². The Morgan fingerprint density at radius 1 is 1.48 bits per heavy atom. The summed E-state index contributed by atoms with van der Waals surface area (Å²) in [5, 5.41) is 11.0. The van der Waals surface area contributed by atoms with E-state index in [2.05, 4.69) is 5.43 Å². The van der Waals surface area contributed by atoms with Crippen LogP contribution < -0.4 is 11.3 Å². The molecule has 1 amide bonds. The molecule has 1 saturated carbocycles. The van der Waals surface area contributed by atoms with Gasteiger partial charge in [-0.05, 0) is 24.8 Å². The lowest BCUT2D eigenvalue weighted by Crippen LogP contribution is -2.32. The molecule has 1 aliphatic rings. The third-order valence-electron chi connectivity index (χ3n) is 3.97. The number of nitro benzene ring substituents is 1. The first-order chi connectivity index (χ1) is 10.0. The Hall–Kier alpha value is -2.15. The van der Waals surface area contributed by atoms with Crippen LogP contribution in [0.5, 0.6) is 0 Å². The molecule has 0 bridgehead atoms. The van der Waals surface area contributed by atoms with Crippen molar-refractivity contribution in [3.63, 3.8) is 0 Å². The van der Waals surface area contributed by atoms with Gasteiger partial charge >= 0.3 is 0 Å². The number of nitro groups is 1. The predicted octanol–water partition coefficient (Wildman–Crippen LogP) is 2.14. The van der Waals surface area contributed by atoms with Gasteiger partial charge in [-0.15, -0.1) is 0 Å². The molecule has 0 aliphatic heterocycles. The summed E-state index contributed by atoms with van der Waals surface area (Å²) in [5.41, 5.74) is 2.38. The van der Waals surface area contributed by atoms with E-state index in [4.69, 9.17) is 5.84 Å². The van der Waals surface area contributed by atoms with Crippen molar-refractivity contribution in [1.82, 2.24) is 4.90 Å². The number of amides is 1. The lowest BCUT2D eigenvalue weighted by molar-refractivity contribution is -0.384. The first-order valence-corrected chi connectivity index (χ1v) is 7.04. The Morgan fingerprint density at radius 3 is 2.71 bits per heavy atom. The van der Waals surface area contributed by atoms with Crippen molar-refractivity contribution < 1.29 is 9.72 Å². The summed E-state index contributed by atoms with van der Waals surface area (Å²) in [5.74, 6) is 5.63. The second kappa shape index (κ2) is 6.53. The summed E-state index contributed by atoms with van der Waals surface area (Å²) in [6.45, 7) is 0.672. The molecule has 0 radical (unpaired) electrons. The maximum atomic E-state index is 12.5. The molecular formula is C14H20N4O3. The number of rotatable bonds is 5. The van der Waals surface area contributed by atoms with Crippen molar-refractivity contribution in [3.8, 4) is 0 Å². The van der Waals surface area contributed by atoms with Crippen LogP contribution in [0.1, 0.15) is 36.0 Å². The standard InChI is InChI=1S/C14H20N4O3/c1-17(9-10-5-2-3-6-10)14(19)11-7-4-8-12(18(20)21)13(11)16-15/h4,7-8,10,16H,2-3,5-6,9,15H2,1H3. The monoisotopic (exact) mass is 292 g/mol. The van der Waals surface area contributed by atoms with Gasteiger partial charge in [-0.2, -0.15) is 0 Å². The molecule has 1 aromatic carbocycles. The maximum Gasteiger partial charge on any atom is 0.294 e. The number of hydrogen-bond acceptors (Lipinski definition) is 5. The average Bonchev–Trinajstić information content (AvgIpc) is 2.98. The molecule has 3 N–H and O–H groups in total. The molecule has 0 unspecified atom stereocenters. The molecular weight excluding hydrogens is 272 g/mol. The van der Waals surface area contributed by atoms with Gasteiger partial charge in [0.25, 0.3) is 11.6 Å². The van der Waals surface area contributed by atoms with Crippen molar-refractivity contribution >= 4 is 17.3 Å². The number of nitrogen functional groups attached to an aromatic ring is 1. The van der Waals surface area contributed by atoms with Crippen LogP contribution in [-0.4, -0.2) is 29.3 Å². The smallest absolute Gasteiger partial charge is 0.294 e. The Balaban J connectivity index is 2.21. The Kier molecular flexibility index (Phi) is 4.74. The van der Waals surface area contributed by atoms with Gasteiger partial charge in [0.1, 0.15) is 5.69 Å². The number of nitrogens with one attached hydrogen (secondary N) is 1. The Bertz CT molecular complexity index is 541. The summed E-state index contributed by atoms with van der Waals surface area (Å²) in [4.78, 5) is 24.6. The number of carbonyl (C=O) groups excluding carboxylic acids is 1. The molecule has 0 saturated heterocycles. The van der Waals surface area contributed by atoms with E-state index in [1.807, 2.05) is 0 Å². The van der Waals surface area contributed by atoms with Crippen molar-refractivity contribution in [2.45, 2.75) is 25.7 Å². The first kappa shape index (κ1) is 15.2. The van der Waals surface area contributed by atoms with E-state index in [1.165, 1.54) is 25.0 Å². The highest BCUT2D eigenvalue weighted by Gasteiger charge is 2.25. The van der Waals surface area contributed by atoms with Crippen molar-refractivity contribution in [1.29, 1.82) is 0 Å². The van der Waals surface area contributed by atoms with Gasteiger partial charge < -0.3 is 10.3 Å². The zero-order chi connectivity index (χ0) is 15.4. The van der Waals surface area contributed by atoms with Gasteiger partial charge in [-0.1, -0.05) is 18.9 Å². The molecule has 0 aromatic heterocycles. The number of nitrogens with zero attached hydrogens (tertiary/aromatic N) is 2. The van der Waals surface area contributed by atoms with Crippen LogP contribution in [0.4, 0.5) is 11.4 Å². The summed E-state index contributed by atoms with van der Waals surface area (Å²) >= 11 is 0. The number of nitrogens with two attached hydrogens (primary N) is 1. The zero-order valence-electron chi connectivity index (χ0n) is 12.0. The molecule has 21 heavy (non-hydrogen) atoms. The highest BCUT2D eigenvalue weighted by atomic mass is 16.6. The van der Waals surface area contributed by atoms with Crippen molar-refractivity contribution in [2.75, 3.05) is 19.0 Å². The highest BCUT2D eigenvalue weighted by Crippen LogP contribution is 2.29. The number of carbonyl (C=O) groups is 1. The number of benzene rings is 1. The van der Waals surface area contributed by atoms with Crippen LogP contribution in [0, 0.1) is 16.0 Å². The fraction of sp³-hybridized carbons (Fsp3) is 0.500. The summed E-state index contributed by atoms with van der Waals surface area (Å²) in [6.07, 6.45) is 4.68. The van der Waals surface area contributed by atoms with Crippen molar-refractivity contribution in [3.05, 3.63) is 33.9 Å². The van der Waals surface area contributed by atoms with Crippen LogP contribution in [0.25, 0.3) is 0 Å². The molecule has 0 heterocycles. The minimum absolute atomic E-state index is 0.0609. The minimum atomic E-state index is -0.553. The second-order valence-electron chi connectivity index (χ2n) is 5.44. The predicted molar refractivity (Wildman–Crippen MR) is 79.8 cm³/mol. The highest BCUT2D eigenvalue weighted by molar-refractivity contribution is 6.01. The third-order valence-corrected chi connectivity index (χ3v) is 3.97. The number of hydrazine groups is 1. The topological polar surface area (TPSA) is 102 Å². The minimum Gasteiger partial charge on any atom is -0.341 e. The molecule has 1 fully saturated rings. The Morgan fingerprint density at radius 2 is 2.14 bits per heavy atom. The molecule has 2 rings (SSSR count). The normalized spacial score (nSPS) is 15.0. The molecule has 1 aromatic rings. The Labute approximate surface area is 123 Å². The van der Waals surface area contributed by atoms with Gasteiger partial charge in [-0.3, -0.25) is 20.8 Å². The molecule has 114 valence electrons. The van der Waals surface area contributed by atoms with E-state index in [1.54, 1.807) is 18.0 Å². The third kappa shape index (κ3) is 3.30. The average molecular weight is 292 g/mol. The quantitative estimate of drug-likeness (QED) is 0.492. The summed E-state index contributed by atoms with van der Waals surface area (Å²) in [6, 6.07) is 4.37. The second-order valence-corrected chi connectivity index (χ2v) is 5.44. The van der Waals surface area contributed by atoms with Gasteiger partial charge in [0.05, 0.1) is 10.5 Å². The van der Waals surface area contributed by atoms with E-state index in [0.717, 1.165) is 12.8 Å². The van der Waals surface area contributed by atoms with E-state index in [-0.39, 0.29) is 22.8 Å². The van der Waals surface area contributed by atoms with Crippen LogP contribution >= 0.6 is 0 Å². The van der Waals surface area contributed by atoms with E-state index < -0.39 is 4.92 Å². The first-order valence-electron chi connectivity index (χ1n) is 7.04. The van der Waals surface area contributed by atoms with Crippen LogP contribution in [0.2, 0.25) is 0 Å². The molecule has 0 atom stereocenters. The number of hydrogen-bond donors (Lipinski definition) is 2. The zero-order valence-corrected chi connectivity index (χ0v) is 12.0. The van der Waals surface area contributed by atoms with E-state index in [9.17, 15) is 14.9 Å².